The van der Waals surface area contributed by atoms with Crippen LogP contribution < -0.4 is 10.6 Å². The summed E-state index contributed by atoms with van der Waals surface area (Å²) in [5.41, 5.74) is 0.0880. The van der Waals surface area contributed by atoms with Gasteiger partial charge in [-0.1, -0.05) is 12.1 Å². The van der Waals surface area contributed by atoms with Crippen LogP contribution >= 0.6 is 9.24 Å². The molecule has 0 aliphatic rings. The first-order valence-electron chi connectivity index (χ1n) is 3.43. The number of hydrogen-bond acceptors (Lipinski definition) is 1. The smallest absolute Gasteiger partial charge is 0.254 e. The van der Waals surface area contributed by atoms with Gasteiger partial charge in [-0.15, -0.1) is 9.24 Å². The molecule has 1 N–H and O–H groups in total. The van der Waals surface area contributed by atoms with Crippen molar-refractivity contribution < 1.29 is 9.18 Å². The van der Waals surface area contributed by atoms with Crippen molar-refractivity contribution in [3.8, 4) is 0 Å². The molecule has 1 atom stereocenters. The summed E-state index contributed by atoms with van der Waals surface area (Å²) in [5, 5.41) is 2.93. The van der Waals surface area contributed by atoms with Gasteiger partial charge in [0.15, 0.2) is 0 Å². The summed E-state index contributed by atoms with van der Waals surface area (Å²) in [6.07, 6.45) is 0. The molecule has 1 unspecified atom stereocenters. The lowest BCUT2D eigenvalue weighted by Crippen LogP contribution is -2.24. The fourth-order valence-electron chi connectivity index (χ4n) is 0.905. The average molecular weight is 185 g/mol. The summed E-state index contributed by atoms with van der Waals surface area (Å²) < 4.78 is 13.0. The van der Waals surface area contributed by atoms with Crippen LogP contribution in [-0.2, 0) is 0 Å². The lowest BCUT2D eigenvalue weighted by atomic mass is 10.2. The molecule has 0 heterocycles. The van der Waals surface area contributed by atoms with E-state index in [0.29, 0.717) is 5.30 Å². The van der Waals surface area contributed by atoms with E-state index in [2.05, 4.69) is 14.6 Å². The molecule has 2 nitrogen and oxygen atoms in total. The Morgan fingerprint density at radius 2 is 2.25 bits per heavy atom. The van der Waals surface area contributed by atoms with Crippen LogP contribution in [0.15, 0.2) is 18.2 Å². The molecule has 1 aromatic carbocycles. The highest BCUT2D eigenvalue weighted by molar-refractivity contribution is 7.27. The van der Waals surface area contributed by atoms with Crippen LogP contribution in [0.4, 0.5) is 4.39 Å². The number of rotatable bonds is 1. The molecule has 0 saturated carbocycles. The SMILES string of the molecule is CNC(=O)c1c(F)cccc1P. The Labute approximate surface area is 72.4 Å². The molecule has 4 heteroatoms. The monoisotopic (exact) mass is 185 g/mol. The van der Waals surface area contributed by atoms with Gasteiger partial charge < -0.3 is 5.32 Å². The molecular weight excluding hydrogens is 176 g/mol. The zero-order valence-electron chi connectivity index (χ0n) is 6.60. The summed E-state index contributed by atoms with van der Waals surface area (Å²) in [5.74, 6) is -0.903. The van der Waals surface area contributed by atoms with Crippen LogP contribution in [0.2, 0.25) is 0 Å². The highest BCUT2D eigenvalue weighted by Gasteiger charge is 2.11. The zero-order valence-corrected chi connectivity index (χ0v) is 7.75. The largest absolute Gasteiger partial charge is 0.355 e. The van der Waals surface area contributed by atoms with Crippen molar-refractivity contribution in [3.05, 3.63) is 29.6 Å². The Morgan fingerprint density at radius 1 is 1.58 bits per heavy atom. The van der Waals surface area contributed by atoms with Gasteiger partial charge in [-0.3, -0.25) is 4.79 Å². The van der Waals surface area contributed by atoms with Gasteiger partial charge in [-0.25, -0.2) is 4.39 Å². The predicted octanol–water partition coefficient (Wildman–Crippen LogP) is 0.686. The second kappa shape index (κ2) is 3.63. The molecule has 0 aromatic heterocycles. The van der Waals surface area contributed by atoms with Gasteiger partial charge in [0.05, 0.1) is 5.56 Å². The first kappa shape index (κ1) is 9.14. The molecular formula is C8H9FNOP. The molecule has 0 radical (unpaired) electrons. The number of carbonyl (C=O) groups excluding carboxylic acids is 1. The summed E-state index contributed by atoms with van der Waals surface area (Å²) in [6.45, 7) is 0. The van der Waals surface area contributed by atoms with E-state index in [1.54, 1.807) is 12.1 Å². The van der Waals surface area contributed by atoms with Crippen LogP contribution in [0.5, 0.6) is 0 Å². The van der Waals surface area contributed by atoms with Gasteiger partial charge in [0, 0.05) is 7.05 Å². The maximum absolute atomic E-state index is 13.0. The number of amides is 1. The highest BCUT2D eigenvalue weighted by atomic mass is 31.0. The lowest BCUT2D eigenvalue weighted by Gasteiger charge is -2.03. The molecule has 1 amide bonds. The molecule has 64 valence electrons. The Morgan fingerprint density at radius 3 is 2.75 bits per heavy atom. The molecule has 0 aliphatic heterocycles. The number of hydrogen-bond donors (Lipinski definition) is 1. The first-order valence-corrected chi connectivity index (χ1v) is 4.00. The molecule has 0 fully saturated rings. The molecule has 1 rings (SSSR count). The quantitative estimate of drug-likeness (QED) is 0.640. The van der Waals surface area contributed by atoms with Crippen LogP contribution in [0.3, 0.4) is 0 Å². The van der Waals surface area contributed by atoms with E-state index >= 15 is 0 Å². The Kier molecular flexibility index (Phi) is 2.77. The van der Waals surface area contributed by atoms with Gasteiger partial charge in [0.1, 0.15) is 5.82 Å². The van der Waals surface area contributed by atoms with Crippen LogP contribution in [0, 0.1) is 5.82 Å². The van der Waals surface area contributed by atoms with Crippen LogP contribution in [0.25, 0.3) is 0 Å². The summed E-state index contributed by atoms with van der Waals surface area (Å²) in [4.78, 5) is 11.1. The predicted molar refractivity (Wildman–Crippen MR) is 49.1 cm³/mol. The molecule has 0 saturated heterocycles. The number of carbonyl (C=O) groups is 1. The minimum atomic E-state index is -0.498. The highest BCUT2D eigenvalue weighted by Crippen LogP contribution is 2.06. The molecule has 1 aromatic rings. The van der Waals surface area contributed by atoms with Gasteiger partial charge in [-0.05, 0) is 11.4 Å². The van der Waals surface area contributed by atoms with Gasteiger partial charge in [0.25, 0.3) is 5.91 Å². The van der Waals surface area contributed by atoms with E-state index in [9.17, 15) is 9.18 Å². The van der Waals surface area contributed by atoms with Crippen LogP contribution in [0.1, 0.15) is 10.4 Å². The van der Waals surface area contributed by atoms with E-state index < -0.39 is 11.7 Å². The third-order valence-electron chi connectivity index (χ3n) is 1.50. The van der Waals surface area contributed by atoms with Gasteiger partial charge in [-0.2, -0.15) is 0 Å². The van der Waals surface area contributed by atoms with Crippen molar-refractivity contribution in [3.63, 3.8) is 0 Å². The van der Waals surface area contributed by atoms with Crippen molar-refractivity contribution in [1.29, 1.82) is 0 Å². The van der Waals surface area contributed by atoms with E-state index in [0.717, 1.165) is 0 Å². The standard InChI is InChI=1S/C8H9FNOP/c1-10-8(11)7-5(9)3-2-4-6(7)12/h2-4H,12H2,1H3,(H,10,11). The van der Waals surface area contributed by atoms with Crippen molar-refractivity contribution in [1.82, 2.24) is 5.32 Å². The van der Waals surface area contributed by atoms with E-state index in [-0.39, 0.29) is 5.56 Å². The maximum Gasteiger partial charge on any atom is 0.254 e. The number of nitrogens with one attached hydrogen (secondary N) is 1. The zero-order chi connectivity index (χ0) is 9.14. The number of halogens is 1. The first-order chi connectivity index (χ1) is 5.66. The Bertz CT molecular complexity index is 294. The van der Waals surface area contributed by atoms with E-state index in [4.69, 9.17) is 0 Å². The normalized spacial score (nSPS) is 9.58. The lowest BCUT2D eigenvalue weighted by molar-refractivity contribution is 0.0960. The van der Waals surface area contributed by atoms with E-state index in [1.807, 2.05) is 0 Å². The minimum absolute atomic E-state index is 0.0880. The van der Waals surface area contributed by atoms with Crippen molar-refractivity contribution >= 4 is 20.5 Å². The average Bonchev–Trinajstić information content (AvgIpc) is 2.03. The summed E-state index contributed by atoms with van der Waals surface area (Å²) in [7, 11) is 3.79. The third kappa shape index (κ3) is 1.62. The number of benzene rings is 1. The third-order valence-corrected chi connectivity index (χ3v) is 1.98. The second-order valence-electron chi connectivity index (χ2n) is 2.28. The van der Waals surface area contributed by atoms with Crippen molar-refractivity contribution in [2.24, 2.45) is 0 Å². The topological polar surface area (TPSA) is 29.1 Å². The van der Waals surface area contributed by atoms with Gasteiger partial charge in [0.2, 0.25) is 0 Å². The fourth-order valence-corrected chi connectivity index (χ4v) is 1.29. The molecule has 0 aliphatic carbocycles. The van der Waals surface area contributed by atoms with Gasteiger partial charge >= 0.3 is 0 Å². The molecule has 0 spiro atoms. The van der Waals surface area contributed by atoms with Crippen molar-refractivity contribution in [2.75, 3.05) is 7.05 Å². The van der Waals surface area contributed by atoms with E-state index in [1.165, 1.54) is 13.1 Å². The summed E-state index contributed by atoms with van der Waals surface area (Å²) in [6, 6.07) is 4.49. The van der Waals surface area contributed by atoms with Crippen molar-refractivity contribution in [2.45, 2.75) is 0 Å². The van der Waals surface area contributed by atoms with Crippen LogP contribution in [-0.4, -0.2) is 13.0 Å². The fraction of sp³-hybridized carbons (Fsp3) is 0.125. The maximum atomic E-state index is 13.0. The molecule has 12 heavy (non-hydrogen) atoms. The molecule has 0 bridgehead atoms. The second-order valence-corrected chi connectivity index (χ2v) is 2.91. The Hall–Kier alpha value is -0.950. The minimum Gasteiger partial charge on any atom is -0.355 e. The Balaban J connectivity index is 3.21. The summed E-state index contributed by atoms with van der Waals surface area (Å²) >= 11 is 0.